The normalized spacial score (nSPS) is 11.1. The van der Waals surface area contributed by atoms with Crippen molar-refractivity contribution >= 4 is 13.7 Å². The molecule has 5 N–H and O–H groups in total. The SMILES string of the molecule is CCCCCCCCCCOc1cccc(CCC(=O)N(CCOP(=O)(O)O)Cc2ccccc2)c1.N. The van der Waals surface area contributed by atoms with E-state index in [1.54, 1.807) is 4.90 Å². The van der Waals surface area contributed by atoms with Gasteiger partial charge >= 0.3 is 7.82 Å². The second kappa shape index (κ2) is 18.9. The molecule has 9 heteroatoms. The van der Waals surface area contributed by atoms with Crippen LogP contribution in [0, 0.1) is 0 Å². The first-order valence-corrected chi connectivity index (χ1v) is 14.6. The van der Waals surface area contributed by atoms with Crippen LogP contribution in [0.4, 0.5) is 0 Å². The van der Waals surface area contributed by atoms with E-state index in [1.165, 1.54) is 44.9 Å². The summed E-state index contributed by atoms with van der Waals surface area (Å²) >= 11 is 0. The summed E-state index contributed by atoms with van der Waals surface area (Å²) in [6.07, 6.45) is 10.9. The summed E-state index contributed by atoms with van der Waals surface area (Å²) in [6.45, 7) is 3.15. The van der Waals surface area contributed by atoms with Crippen molar-refractivity contribution in [1.29, 1.82) is 0 Å². The number of amides is 1. The molecule has 0 heterocycles. The second-order valence-corrected chi connectivity index (χ2v) is 10.3. The quantitative estimate of drug-likeness (QED) is 0.139. The molecule has 0 spiro atoms. The molecule has 1 amide bonds. The maximum absolute atomic E-state index is 13.0. The fraction of sp³-hybridized carbons (Fsp3) is 0.536. The number of unbranched alkanes of at least 4 members (excludes halogenated alkanes) is 7. The van der Waals surface area contributed by atoms with Crippen molar-refractivity contribution < 1.29 is 28.4 Å². The molecule has 0 saturated carbocycles. The molecular formula is C28H45N2O6P. The van der Waals surface area contributed by atoms with Gasteiger partial charge in [-0.05, 0) is 36.1 Å². The minimum absolute atomic E-state index is 0. The predicted octanol–water partition coefficient (Wildman–Crippen LogP) is 6.44. The molecular weight excluding hydrogens is 491 g/mol. The molecule has 208 valence electrons. The van der Waals surface area contributed by atoms with E-state index in [2.05, 4.69) is 11.4 Å². The summed E-state index contributed by atoms with van der Waals surface area (Å²) in [6, 6.07) is 17.4. The zero-order chi connectivity index (χ0) is 26.1. The average molecular weight is 537 g/mol. The minimum Gasteiger partial charge on any atom is -0.494 e. The minimum atomic E-state index is -4.58. The third-order valence-corrected chi connectivity index (χ3v) is 6.50. The van der Waals surface area contributed by atoms with Gasteiger partial charge < -0.3 is 25.6 Å². The molecule has 0 unspecified atom stereocenters. The largest absolute Gasteiger partial charge is 0.494 e. The molecule has 0 aliphatic rings. The molecule has 0 aliphatic heterocycles. The maximum Gasteiger partial charge on any atom is 0.469 e. The van der Waals surface area contributed by atoms with Crippen LogP contribution >= 0.6 is 7.82 Å². The van der Waals surface area contributed by atoms with Gasteiger partial charge in [-0.15, -0.1) is 0 Å². The van der Waals surface area contributed by atoms with E-state index in [-0.39, 0.29) is 31.6 Å². The Morgan fingerprint density at radius 1 is 0.865 bits per heavy atom. The first kappa shape index (κ1) is 32.8. The summed E-state index contributed by atoms with van der Waals surface area (Å²) < 4.78 is 21.5. The van der Waals surface area contributed by atoms with E-state index in [9.17, 15) is 9.36 Å². The van der Waals surface area contributed by atoms with Crippen molar-refractivity contribution in [3.8, 4) is 5.75 Å². The molecule has 0 radical (unpaired) electrons. The van der Waals surface area contributed by atoms with Gasteiger partial charge in [-0.2, -0.15) is 0 Å². The standard InChI is InChI=1S/C28H42NO6P.H3N/c1-2-3-4-5-6-7-8-12-21-34-27-17-13-16-25(23-27)18-19-28(30)29(20-22-35-36(31,32)33)24-26-14-10-9-11-15-26;/h9-11,13-17,23H,2-8,12,18-22,24H2,1H3,(H2,31,32,33);1H3. The number of aryl methyl sites for hydroxylation is 1. The Kier molecular flexibility index (Phi) is 16.8. The third kappa shape index (κ3) is 15.6. The third-order valence-electron chi connectivity index (χ3n) is 5.98. The molecule has 2 rings (SSSR count). The van der Waals surface area contributed by atoms with Crippen LogP contribution < -0.4 is 10.9 Å². The Hall–Kier alpha value is -2.22. The molecule has 2 aromatic carbocycles. The lowest BCUT2D eigenvalue weighted by molar-refractivity contribution is -0.132. The molecule has 0 bridgehead atoms. The highest BCUT2D eigenvalue weighted by atomic mass is 31.2. The van der Waals surface area contributed by atoms with Gasteiger partial charge in [0.2, 0.25) is 5.91 Å². The number of nitrogens with zero attached hydrogens (tertiary/aromatic N) is 1. The van der Waals surface area contributed by atoms with Crippen LogP contribution in [0.3, 0.4) is 0 Å². The molecule has 0 aliphatic carbocycles. The number of hydrogen-bond donors (Lipinski definition) is 3. The highest BCUT2D eigenvalue weighted by Gasteiger charge is 2.18. The van der Waals surface area contributed by atoms with Gasteiger partial charge in [-0.3, -0.25) is 9.32 Å². The Labute approximate surface area is 222 Å². The molecule has 8 nitrogen and oxygen atoms in total. The molecule has 0 saturated heterocycles. The summed E-state index contributed by atoms with van der Waals surface area (Å²) in [5.74, 6) is 0.720. The number of phosphoric acid groups is 1. The lowest BCUT2D eigenvalue weighted by atomic mass is 10.1. The van der Waals surface area contributed by atoms with Crippen LogP contribution in [0.2, 0.25) is 0 Å². The Morgan fingerprint density at radius 2 is 1.51 bits per heavy atom. The van der Waals surface area contributed by atoms with Crippen LogP contribution in [0.5, 0.6) is 5.75 Å². The molecule has 37 heavy (non-hydrogen) atoms. The zero-order valence-electron chi connectivity index (χ0n) is 22.2. The monoisotopic (exact) mass is 536 g/mol. The Bertz CT molecular complexity index is 922. The number of rotatable bonds is 19. The van der Waals surface area contributed by atoms with Crippen molar-refractivity contribution in [2.45, 2.75) is 77.7 Å². The van der Waals surface area contributed by atoms with Gasteiger partial charge in [0.25, 0.3) is 0 Å². The van der Waals surface area contributed by atoms with Crippen LogP contribution in [-0.4, -0.2) is 40.4 Å². The van der Waals surface area contributed by atoms with Gasteiger partial charge in [0.05, 0.1) is 13.2 Å². The zero-order valence-corrected chi connectivity index (χ0v) is 23.1. The van der Waals surface area contributed by atoms with E-state index < -0.39 is 7.82 Å². The predicted molar refractivity (Wildman–Crippen MR) is 148 cm³/mol. The number of ether oxygens (including phenoxy) is 1. The first-order chi connectivity index (χ1) is 17.4. The fourth-order valence-electron chi connectivity index (χ4n) is 3.99. The fourth-order valence-corrected chi connectivity index (χ4v) is 4.31. The lowest BCUT2D eigenvalue weighted by Gasteiger charge is -2.23. The van der Waals surface area contributed by atoms with Gasteiger partial charge in [-0.1, -0.05) is 94.3 Å². The summed E-state index contributed by atoms with van der Waals surface area (Å²) in [5, 5.41) is 0. The molecule has 0 atom stereocenters. The van der Waals surface area contributed by atoms with Crippen LogP contribution in [0.1, 0.15) is 75.8 Å². The smallest absolute Gasteiger partial charge is 0.469 e. The van der Waals surface area contributed by atoms with Gasteiger partial charge in [-0.25, -0.2) is 4.57 Å². The Morgan fingerprint density at radius 3 is 2.19 bits per heavy atom. The lowest BCUT2D eigenvalue weighted by Crippen LogP contribution is -2.33. The Balaban J connectivity index is 0.00000684. The van der Waals surface area contributed by atoms with Crippen LogP contribution in [0.15, 0.2) is 54.6 Å². The molecule has 0 aromatic heterocycles. The van der Waals surface area contributed by atoms with E-state index in [4.69, 9.17) is 14.5 Å². The van der Waals surface area contributed by atoms with E-state index in [0.29, 0.717) is 19.6 Å². The molecule has 0 fully saturated rings. The van der Waals surface area contributed by atoms with Crippen molar-refractivity contribution in [3.05, 3.63) is 65.7 Å². The van der Waals surface area contributed by atoms with Crippen molar-refractivity contribution in [3.63, 3.8) is 0 Å². The maximum atomic E-state index is 13.0. The van der Waals surface area contributed by atoms with E-state index in [0.717, 1.165) is 23.3 Å². The highest BCUT2D eigenvalue weighted by Crippen LogP contribution is 2.35. The number of benzene rings is 2. The van der Waals surface area contributed by atoms with Crippen molar-refractivity contribution in [2.24, 2.45) is 0 Å². The van der Waals surface area contributed by atoms with E-state index in [1.807, 2.05) is 54.6 Å². The van der Waals surface area contributed by atoms with Crippen LogP contribution in [-0.2, 0) is 26.8 Å². The summed E-state index contributed by atoms with van der Waals surface area (Å²) in [5.41, 5.74) is 1.96. The topological polar surface area (TPSA) is 131 Å². The van der Waals surface area contributed by atoms with Crippen LogP contribution in [0.25, 0.3) is 0 Å². The van der Waals surface area contributed by atoms with Gasteiger partial charge in [0.15, 0.2) is 0 Å². The highest BCUT2D eigenvalue weighted by molar-refractivity contribution is 7.46. The second-order valence-electron chi connectivity index (χ2n) is 9.10. The van der Waals surface area contributed by atoms with Gasteiger partial charge in [0, 0.05) is 19.5 Å². The van der Waals surface area contributed by atoms with Crippen molar-refractivity contribution in [1.82, 2.24) is 11.1 Å². The number of hydrogen-bond acceptors (Lipinski definition) is 5. The van der Waals surface area contributed by atoms with Crippen molar-refractivity contribution in [2.75, 3.05) is 19.8 Å². The number of carbonyl (C=O) groups excluding carboxylic acids is 1. The first-order valence-electron chi connectivity index (χ1n) is 13.1. The summed E-state index contributed by atoms with van der Waals surface area (Å²) in [4.78, 5) is 32.4. The van der Waals surface area contributed by atoms with E-state index >= 15 is 0 Å². The molecule has 2 aromatic rings. The van der Waals surface area contributed by atoms with Gasteiger partial charge in [0.1, 0.15) is 5.75 Å². The summed E-state index contributed by atoms with van der Waals surface area (Å²) in [7, 11) is -4.58. The average Bonchev–Trinajstić information content (AvgIpc) is 2.86. The number of phosphoric ester groups is 1. The number of carbonyl (C=O) groups is 1.